The van der Waals surface area contributed by atoms with Gasteiger partial charge in [0.1, 0.15) is 0 Å². The summed E-state index contributed by atoms with van der Waals surface area (Å²) in [5, 5.41) is 3.62. The Hall–Kier alpha value is -1.41. The molecule has 2 aromatic rings. The number of rotatable bonds is 2. The molecule has 0 bridgehead atoms. The summed E-state index contributed by atoms with van der Waals surface area (Å²) in [6.45, 7) is 0. The summed E-state index contributed by atoms with van der Waals surface area (Å²) >= 11 is 1.95. The summed E-state index contributed by atoms with van der Waals surface area (Å²) in [6, 6.07) is 14.1. The molecule has 2 fully saturated rings. The van der Waals surface area contributed by atoms with Gasteiger partial charge in [0.2, 0.25) is 0 Å². The van der Waals surface area contributed by atoms with Gasteiger partial charge >= 0.3 is 0 Å². The van der Waals surface area contributed by atoms with E-state index in [9.17, 15) is 0 Å². The van der Waals surface area contributed by atoms with Gasteiger partial charge in [-0.2, -0.15) is 0 Å². The Labute approximate surface area is 136 Å². The zero-order valence-electron chi connectivity index (χ0n) is 12.8. The molecule has 1 aliphatic heterocycles. The molecule has 1 N–H and O–H groups in total. The van der Waals surface area contributed by atoms with Gasteiger partial charge in [0.15, 0.2) is 0 Å². The smallest absolute Gasteiger partial charge is 0.0526 e. The van der Waals surface area contributed by atoms with Gasteiger partial charge in [-0.05, 0) is 72.9 Å². The van der Waals surface area contributed by atoms with Crippen molar-refractivity contribution < 1.29 is 0 Å². The molecule has 2 saturated carbocycles. The van der Waals surface area contributed by atoms with E-state index in [0.29, 0.717) is 0 Å². The van der Waals surface area contributed by atoms with Gasteiger partial charge in [-0.15, -0.1) is 0 Å². The standard InChI is InChI=1S/C20H21NS/c1-3-13(4-1)15-7-9-17-19(11-15)22-20-12-16(14-5-2-6-14)8-10-18(20)21-17/h7-14,21H,1-6H2. The quantitative estimate of drug-likeness (QED) is 0.585. The highest BCUT2D eigenvalue weighted by Crippen LogP contribution is 2.48. The van der Waals surface area contributed by atoms with Gasteiger partial charge < -0.3 is 5.32 Å². The molecule has 5 rings (SSSR count). The predicted molar refractivity (Wildman–Crippen MR) is 93.5 cm³/mol. The molecule has 1 nitrogen and oxygen atoms in total. The lowest BCUT2D eigenvalue weighted by molar-refractivity contribution is 0.419. The van der Waals surface area contributed by atoms with E-state index in [4.69, 9.17) is 0 Å². The van der Waals surface area contributed by atoms with Crippen LogP contribution < -0.4 is 5.32 Å². The van der Waals surface area contributed by atoms with E-state index < -0.39 is 0 Å². The lowest BCUT2D eigenvalue weighted by atomic mass is 9.80. The van der Waals surface area contributed by atoms with Gasteiger partial charge in [-0.1, -0.05) is 36.7 Å². The van der Waals surface area contributed by atoms with E-state index in [1.54, 1.807) is 0 Å². The van der Waals surface area contributed by atoms with Crippen LogP contribution in [0, 0.1) is 0 Å². The number of anilines is 2. The molecule has 2 aliphatic carbocycles. The van der Waals surface area contributed by atoms with Gasteiger partial charge in [0, 0.05) is 9.79 Å². The second kappa shape index (κ2) is 5.06. The number of hydrogen-bond donors (Lipinski definition) is 1. The molecule has 0 atom stereocenters. The molecule has 1 heterocycles. The van der Waals surface area contributed by atoms with Gasteiger partial charge in [0.25, 0.3) is 0 Å². The molecule has 2 aromatic carbocycles. The minimum absolute atomic E-state index is 0.814. The monoisotopic (exact) mass is 307 g/mol. The highest BCUT2D eigenvalue weighted by molar-refractivity contribution is 7.99. The first-order valence-corrected chi connectivity index (χ1v) is 9.41. The third-order valence-corrected chi connectivity index (χ3v) is 6.77. The summed E-state index contributed by atoms with van der Waals surface area (Å²) in [6.07, 6.45) is 8.30. The first-order valence-electron chi connectivity index (χ1n) is 8.59. The number of nitrogens with one attached hydrogen (secondary N) is 1. The van der Waals surface area contributed by atoms with Crippen LogP contribution in [-0.4, -0.2) is 0 Å². The van der Waals surface area contributed by atoms with Crippen LogP contribution in [-0.2, 0) is 0 Å². The SMILES string of the molecule is c1cc2c(cc1C1CCC1)Sc1cc(C3CCC3)ccc1N2. The van der Waals surface area contributed by atoms with Crippen LogP contribution >= 0.6 is 11.8 Å². The maximum absolute atomic E-state index is 3.62. The summed E-state index contributed by atoms with van der Waals surface area (Å²) in [4.78, 5) is 2.81. The largest absolute Gasteiger partial charge is 0.354 e. The van der Waals surface area contributed by atoms with Crippen molar-refractivity contribution >= 4 is 23.1 Å². The zero-order valence-corrected chi connectivity index (χ0v) is 13.6. The molecule has 0 spiro atoms. The minimum Gasteiger partial charge on any atom is -0.354 e. The Kier molecular flexibility index (Phi) is 3.00. The number of benzene rings is 2. The van der Waals surface area contributed by atoms with Crippen molar-refractivity contribution in [3.05, 3.63) is 47.5 Å². The molecule has 0 amide bonds. The second-order valence-corrected chi connectivity index (χ2v) is 8.08. The average molecular weight is 307 g/mol. The van der Waals surface area contributed by atoms with E-state index in [1.807, 2.05) is 11.8 Å². The van der Waals surface area contributed by atoms with Crippen LogP contribution in [0.2, 0.25) is 0 Å². The predicted octanol–water partition coefficient (Wildman–Crippen LogP) is 6.43. The van der Waals surface area contributed by atoms with Gasteiger partial charge in [0.05, 0.1) is 11.4 Å². The molecule has 0 radical (unpaired) electrons. The van der Waals surface area contributed by atoms with Crippen molar-refractivity contribution in [1.82, 2.24) is 0 Å². The van der Waals surface area contributed by atoms with Gasteiger partial charge in [-0.3, -0.25) is 0 Å². The summed E-state index contributed by atoms with van der Waals surface area (Å²) in [5.74, 6) is 1.63. The van der Waals surface area contributed by atoms with Crippen molar-refractivity contribution in [2.45, 2.75) is 60.2 Å². The Bertz CT molecular complexity index is 667. The molecule has 0 saturated heterocycles. The zero-order chi connectivity index (χ0) is 14.5. The fraction of sp³-hybridized carbons (Fsp3) is 0.400. The molecule has 3 aliphatic rings. The Morgan fingerprint density at radius 3 is 1.64 bits per heavy atom. The highest BCUT2D eigenvalue weighted by Gasteiger charge is 2.24. The van der Waals surface area contributed by atoms with E-state index in [1.165, 1.54) is 70.8 Å². The molecule has 112 valence electrons. The fourth-order valence-electron chi connectivity index (χ4n) is 3.71. The van der Waals surface area contributed by atoms with Crippen LogP contribution in [0.5, 0.6) is 0 Å². The van der Waals surface area contributed by atoms with Crippen LogP contribution in [0.15, 0.2) is 46.2 Å². The third kappa shape index (κ3) is 2.08. The Morgan fingerprint density at radius 1 is 0.727 bits per heavy atom. The Morgan fingerprint density at radius 2 is 1.23 bits per heavy atom. The molecule has 0 aromatic heterocycles. The lowest BCUT2D eigenvalue weighted by Gasteiger charge is -2.29. The second-order valence-electron chi connectivity index (χ2n) is 6.99. The molecular formula is C20H21NS. The van der Waals surface area contributed by atoms with E-state index >= 15 is 0 Å². The summed E-state index contributed by atoms with van der Waals surface area (Å²) in [7, 11) is 0. The van der Waals surface area contributed by atoms with Crippen molar-refractivity contribution in [2.75, 3.05) is 5.32 Å². The molecule has 22 heavy (non-hydrogen) atoms. The van der Waals surface area contributed by atoms with Crippen LogP contribution in [0.25, 0.3) is 0 Å². The number of fused-ring (bicyclic) bond motifs is 2. The van der Waals surface area contributed by atoms with Crippen molar-refractivity contribution in [3.8, 4) is 0 Å². The van der Waals surface area contributed by atoms with Crippen LogP contribution in [0.4, 0.5) is 11.4 Å². The maximum atomic E-state index is 3.62. The number of hydrogen-bond acceptors (Lipinski definition) is 2. The first-order chi connectivity index (χ1) is 10.9. The van der Waals surface area contributed by atoms with Crippen molar-refractivity contribution in [1.29, 1.82) is 0 Å². The van der Waals surface area contributed by atoms with E-state index in [2.05, 4.69) is 41.7 Å². The average Bonchev–Trinajstić information content (AvgIpc) is 2.41. The fourth-order valence-corrected chi connectivity index (χ4v) is 4.79. The maximum Gasteiger partial charge on any atom is 0.0526 e. The first kappa shape index (κ1) is 13.1. The minimum atomic E-state index is 0.814. The van der Waals surface area contributed by atoms with Gasteiger partial charge in [-0.25, -0.2) is 0 Å². The molecule has 2 heteroatoms. The summed E-state index contributed by atoms with van der Waals surface area (Å²) in [5.41, 5.74) is 5.63. The van der Waals surface area contributed by atoms with E-state index in [0.717, 1.165) is 11.8 Å². The van der Waals surface area contributed by atoms with Crippen LogP contribution in [0.1, 0.15) is 61.5 Å². The molecule has 0 unspecified atom stereocenters. The molecular weight excluding hydrogens is 286 g/mol. The van der Waals surface area contributed by atoms with Crippen molar-refractivity contribution in [2.24, 2.45) is 0 Å². The topological polar surface area (TPSA) is 12.0 Å². The highest BCUT2D eigenvalue weighted by atomic mass is 32.2. The van der Waals surface area contributed by atoms with Crippen LogP contribution in [0.3, 0.4) is 0 Å². The third-order valence-electron chi connectivity index (χ3n) is 5.65. The lowest BCUT2D eigenvalue weighted by Crippen LogP contribution is -2.10. The van der Waals surface area contributed by atoms with E-state index in [-0.39, 0.29) is 0 Å². The van der Waals surface area contributed by atoms with Crippen molar-refractivity contribution in [3.63, 3.8) is 0 Å². The summed E-state index contributed by atoms with van der Waals surface area (Å²) < 4.78 is 0. The normalized spacial score (nSPS) is 20.4. The Balaban J connectivity index is 1.47.